The number of para-hydroxylation sites is 2. The Hall–Kier alpha value is -2.20. The van der Waals surface area contributed by atoms with E-state index in [-0.39, 0.29) is 5.41 Å². The largest absolute Gasteiger partial charge is 0.377 e. The van der Waals surface area contributed by atoms with Gasteiger partial charge in [-0.1, -0.05) is 50.2 Å². The van der Waals surface area contributed by atoms with Gasteiger partial charge in [0.15, 0.2) is 0 Å². The number of anilines is 1. The summed E-state index contributed by atoms with van der Waals surface area (Å²) in [5, 5.41) is 10.1. The van der Waals surface area contributed by atoms with E-state index < -0.39 is 0 Å². The van der Waals surface area contributed by atoms with Crippen molar-refractivity contribution in [3.05, 3.63) is 71.4 Å². The minimum Gasteiger partial charge on any atom is -0.377 e. The molecule has 0 saturated heterocycles. The van der Waals surface area contributed by atoms with E-state index in [9.17, 15) is 0 Å². The summed E-state index contributed by atoms with van der Waals surface area (Å²) in [6.07, 6.45) is 0. The van der Waals surface area contributed by atoms with Crippen LogP contribution in [-0.4, -0.2) is 15.5 Å². The lowest BCUT2D eigenvalue weighted by Crippen LogP contribution is -2.44. The average molecular weight is 362 g/mol. The minimum atomic E-state index is 0.137. The van der Waals surface area contributed by atoms with Crippen LogP contribution in [0, 0.1) is 12.8 Å². The van der Waals surface area contributed by atoms with Crippen molar-refractivity contribution >= 4 is 17.4 Å². The van der Waals surface area contributed by atoms with Crippen molar-refractivity contribution < 1.29 is 0 Å². The van der Waals surface area contributed by atoms with E-state index in [1.807, 2.05) is 11.8 Å². The van der Waals surface area contributed by atoms with Gasteiger partial charge >= 0.3 is 0 Å². The molecule has 132 valence electrons. The first-order valence-corrected chi connectivity index (χ1v) is 10.2. The molecule has 0 spiro atoms. The van der Waals surface area contributed by atoms with Crippen LogP contribution in [0.2, 0.25) is 0 Å². The van der Waals surface area contributed by atoms with Crippen LogP contribution in [0.25, 0.3) is 5.69 Å². The van der Waals surface area contributed by atoms with Crippen LogP contribution in [0.4, 0.5) is 5.69 Å². The summed E-state index contributed by atoms with van der Waals surface area (Å²) in [6.45, 7) is 6.94. The second-order valence-corrected chi connectivity index (χ2v) is 8.87. The molecule has 4 heteroatoms. The molecule has 0 amide bonds. The van der Waals surface area contributed by atoms with Gasteiger partial charge in [0.2, 0.25) is 0 Å². The molecule has 3 nitrogen and oxygen atoms in total. The Morgan fingerprint density at radius 3 is 2.62 bits per heavy atom. The predicted molar refractivity (Wildman–Crippen MR) is 108 cm³/mol. The van der Waals surface area contributed by atoms with Crippen LogP contribution in [0.1, 0.15) is 36.7 Å². The molecule has 1 aromatic heterocycles. The van der Waals surface area contributed by atoms with Crippen molar-refractivity contribution in [2.45, 2.75) is 37.3 Å². The van der Waals surface area contributed by atoms with E-state index >= 15 is 0 Å². The van der Waals surface area contributed by atoms with Gasteiger partial charge in [-0.05, 0) is 36.1 Å². The lowest BCUT2D eigenvalue weighted by atomic mass is 9.66. The second kappa shape index (κ2) is 5.65. The summed E-state index contributed by atoms with van der Waals surface area (Å²) in [5.74, 6) is 1.64. The van der Waals surface area contributed by atoms with Gasteiger partial charge in [-0.25, -0.2) is 4.68 Å². The molecule has 3 aromatic rings. The van der Waals surface area contributed by atoms with Crippen LogP contribution >= 0.6 is 11.8 Å². The zero-order valence-electron chi connectivity index (χ0n) is 15.4. The maximum absolute atomic E-state index is 4.91. The number of hydrogen-bond acceptors (Lipinski definition) is 3. The highest BCUT2D eigenvalue weighted by atomic mass is 32.2. The van der Waals surface area contributed by atoms with E-state index in [0.717, 1.165) is 17.1 Å². The van der Waals surface area contributed by atoms with E-state index in [2.05, 4.69) is 85.4 Å². The van der Waals surface area contributed by atoms with Gasteiger partial charge in [-0.15, -0.1) is 11.8 Å². The maximum Gasteiger partial charge on any atom is 0.105 e. The molecule has 0 radical (unpaired) electrons. The average Bonchev–Trinajstić information content (AvgIpc) is 3.00. The molecule has 0 aliphatic carbocycles. The van der Waals surface area contributed by atoms with Crippen molar-refractivity contribution in [1.29, 1.82) is 0 Å². The van der Waals surface area contributed by atoms with Crippen LogP contribution in [0.15, 0.2) is 59.6 Å². The zero-order chi connectivity index (χ0) is 17.9. The fraction of sp³-hybridized carbons (Fsp3) is 0.318. The third kappa shape index (κ3) is 2.18. The van der Waals surface area contributed by atoms with Gasteiger partial charge in [-0.2, -0.15) is 5.10 Å². The first-order chi connectivity index (χ1) is 12.6. The monoisotopic (exact) mass is 361 g/mol. The molecule has 0 bridgehead atoms. The number of nitrogens with one attached hydrogen (secondary N) is 1. The van der Waals surface area contributed by atoms with Crippen LogP contribution < -0.4 is 5.32 Å². The fourth-order valence-corrected chi connectivity index (χ4v) is 6.21. The van der Waals surface area contributed by atoms with Crippen LogP contribution in [-0.2, 0) is 5.41 Å². The van der Waals surface area contributed by atoms with E-state index in [0.29, 0.717) is 12.0 Å². The molecule has 0 saturated carbocycles. The van der Waals surface area contributed by atoms with Gasteiger partial charge in [-0.3, -0.25) is 0 Å². The van der Waals surface area contributed by atoms with E-state index in [1.54, 1.807) is 0 Å². The minimum absolute atomic E-state index is 0.137. The molecular formula is C22H23N3S. The lowest BCUT2D eigenvalue weighted by molar-refractivity contribution is 0.292. The van der Waals surface area contributed by atoms with E-state index in [4.69, 9.17) is 5.10 Å². The van der Waals surface area contributed by atoms with E-state index in [1.165, 1.54) is 21.8 Å². The Labute approximate surface area is 158 Å². The Morgan fingerprint density at radius 2 is 1.81 bits per heavy atom. The summed E-state index contributed by atoms with van der Waals surface area (Å²) in [6, 6.07) is 19.6. The Kier molecular flexibility index (Phi) is 3.48. The van der Waals surface area contributed by atoms with Crippen LogP contribution in [0.5, 0.6) is 0 Å². The van der Waals surface area contributed by atoms with Crippen molar-refractivity contribution in [3.63, 3.8) is 0 Å². The van der Waals surface area contributed by atoms with Gasteiger partial charge in [0.1, 0.15) is 5.03 Å². The summed E-state index contributed by atoms with van der Waals surface area (Å²) in [7, 11) is 0. The third-order valence-corrected chi connectivity index (χ3v) is 7.23. The number of thioether (sulfide) groups is 1. The quantitative estimate of drug-likeness (QED) is 0.634. The van der Waals surface area contributed by atoms with Gasteiger partial charge < -0.3 is 5.32 Å². The number of fused-ring (bicyclic) bond motifs is 4. The fourth-order valence-electron chi connectivity index (χ4n) is 4.56. The Bertz CT molecular complexity index is 974. The smallest absolute Gasteiger partial charge is 0.105 e. The molecule has 26 heavy (non-hydrogen) atoms. The summed E-state index contributed by atoms with van der Waals surface area (Å²) in [4.78, 5) is 0. The molecule has 2 aromatic carbocycles. The second-order valence-electron chi connectivity index (χ2n) is 7.86. The lowest BCUT2D eigenvalue weighted by Gasteiger charge is -2.48. The number of benzene rings is 2. The highest BCUT2D eigenvalue weighted by Gasteiger charge is 2.47. The van der Waals surface area contributed by atoms with Crippen molar-refractivity contribution in [2.24, 2.45) is 5.92 Å². The first-order valence-electron chi connectivity index (χ1n) is 9.21. The van der Waals surface area contributed by atoms with Crippen molar-refractivity contribution in [3.8, 4) is 5.69 Å². The molecular weight excluding hydrogens is 338 g/mol. The zero-order valence-corrected chi connectivity index (χ0v) is 16.2. The number of nitrogens with zero attached hydrogens (tertiary/aromatic N) is 2. The number of aryl methyl sites for hydroxylation is 1. The summed E-state index contributed by atoms with van der Waals surface area (Å²) in [5.41, 5.74) is 6.48. The Morgan fingerprint density at radius 1 is 1.08 bits per heavy atom. The molecule has 1 N–H and O–H groups in total. The molecule has 5 rings (SSSR count). The molecule has 0 unspecified atom stereocenters. The third-order valence-electron chi connectivity index (χ3n) is 6.04. The van der Waals surface area contributed by atoms with Gasteiger partial charge in [0, 0.05) is 22.9 Å². The number of hydrogen-bond donors (Lipinski definition) is 1. The predicted octanol–water partition coefficient (Wildman–Crippen LogP) is 5.35. The van der Waals surface area contributed by atoms with Crippen LogP contribution in [0.3, 0.4) is 0 Å². The SMILES string of the molecule is Cc1nn(-c2ccccc2)c2c1[C@H]1Nc3ccccc3C(C)(C)[C@@H]1CS2. The first kappa shape index (κ1) is 16.0. The molecule has 2 aliphatic rings. The summed E-state index contributed by atoms with van der Waals surface area (Å²) < 4.78 is 2.13. The summed E-state index contributed by atoms with van der Waals surface area (Å²) >= 11 is 1.95. The topological polar surface area (TPSA) is 29.9 Å². The molecule has 2 aliphatic heterocycles. The van der Waals surface area contributed by atoms with Crippen molar-refractivity contribution in [2.75, 3.05) is 11.1 Å². The Balaban J connectivity index is 1.66. The normalized spacial score (nSPS) is 22.7. The molecule has 0 fully saturated rings. The molecule has 2 atom stereocenters. The highest BCUT2D eigenvalue weighted by Crippen LogP contribution is 2.54. The number of rotatable bonds is 1. The van der Waals surface area contributed by atoms with Gasteiger partial charge in [0.05, 0.1) is 17.4 Å². The number of aromatic nitrogens is 2. The standard InChI is InChI=1S/C22H23N3S/c1-14-19-20-17(22(2,3)16-11-7-8-12-18(16)23-20)13-26-21(19)25(24-14)15-9-5-4-6-10-15/h4-12,17,20,23H,13H2,1-3H3/t17-,20+/m1/s1. The van der Waals surface area contributed by atoms with Crippen molar-refractivity contribution in [1.82, 2.24) is 9.78 Å². The van der Waals surface area contributed by atoms with Gasteiger partial charge in [0.25, 0.3) is 0 Å². The molecule has 3 heterocycles. The maximum atomic E-state index is 4.91. The highest BCUT2D eigenvalue weighted by molar-refractivity contribution is 7.99.